The standard InChI is InChI=1S/C52H33N3S/c1-4-14-34(15-5-1)35-24-26-36(27-25-35)50-53-33-54-51(55-50)45-32-47-44(31-43(45)37-28-29-42-41-21-11-13-23-48(41)56-49(42)30-37)40-20-10-12-22-46(40)52(47,38-16-6-2-7-17-38)39-18-8-3-9-19-39/h1-33H. The van der Waals surface area contributed by atoms with Crippen molar-refractivity contribution in [2.75, 3.05) is 0 Å². The number of benzene rings is 8. The number of nitrogens with zero attached hydrogens (tertiary/aromatic N) is 3. The van der Waals surface area contributed by atoms with Gasteiger partial charge in [0, 0.05) is 31.3 Å². The Hall–Kier alpha value is -7.01. The zero-order valence-corrected chi connectivity index (χ0v) is 31.1. The molecule has 0 radical (unpaired) electrons. The molecule has 3 nitrogen and oxygen atoms in total. The summed E-state index contributed by atoms with van der Waals surface area (Å²) >= 11 is 1.84. The van der Waals surface area contributed by atoms with Crippen LogP contribution in [0.3, 0.4) is 0 Å². The lowest BCUT2D eigenvalue weighted by Gasteiger charge is -2.34. The van der Waals surface area contributed by atoms with Crippen molar-refractivity contribution in [3.8, 4) is 56.2 Å². The Morgan fingerprint density at radius 3 is 1.71 bits per heavy atom. The zero-order valence-electron chi connectivity index (χ0n) is 30.3. The van der Waals surface area contributed by atoms with Crippen molar-refractivity contribution in [1.29, 1.82) is 0 Å². The van der Waals surface area contributed by atoms with Crippen LogP contribution in [0.15, 0.2) is 200 Å². The highest BCUT2D eigenvalue weighted by Crippen LogP contribution is 2.58. The minimum Gasteiger partial charge on any atom is -0.217 e. The molecule has 10 aromatic rings. The lowest BCUT2D eigenvalue weighted by Crippen LogP contribution is -2.28. The van der Waals surface area contributed by atoms with E-state index in [1.807, 2.05) is 17.4 Å². The van der Waals surface area contributed by atoms with E-state index < -0.39 is 5.41 Å². The van der Waals surface area contributed by atoms with Crippen LogP contribution >= 0.6 is 11.3 Å². The Morgan fingerprint density at radius 2 is 0.946 bits per heavy atom. The van der Waals surface area contributed by atoms with E-state index in [0.29, 0.717) is 11.6 Å². The van der Waals surface area contributed by atoms with E-state index in [0.717, 1.165) is 27.8 Å². The first-order valence-corrected chi connectivity index (χ1v) is 19.7. The maximum absolute atomic E-state index is 5.25. The van der Waals surface area contributed by atoms with Gasteiger partial charge in [-0.1, -0.05) is 170 Å². The summed E-state index contributed by atoms with van der Waals surface area (Å²) in [5.41, 5.74) is 13.3. The van der Waals surface area contributed by atoms with E-state index in [9.17, 15) is 0 Å². The normalized spacial score (nSPS) is 12.8. The molecular weight excluding hydrogens is 699 g/mol. The molecule has 0 N–H and O–H groups in total. The van der Waals surface area contributed by atoms with Gasteiger partial charge in [0.2, 0.25) is 0 Å². The van der Waals surface area contributed by atoms with Crippen LogP contribution in [0.4, 0.5) is 0 Å². The molecule has 0 spiro atoms. The third-order valence-electron chi connectivity index (χ3n) is 11.3. The van der Waals surface area contributed by atoms with Crippen molar-refractivity contribution in [3.05, 3.63) is 223 Å². The lowest BCUT2D eigenvalue weighted by molar-refractivity contribution is 0.768. The van der Waals surface area contributed by atoms with Crippen LogP contribution in [0.2, 0.25) is 0 Å². The summed E-state index contributed by atoms with van der Waals surface area (Å²) in [4.78, 5) is 14.9. The largest absolute Gasteiger partial charge is 0.217 e. The van der Waals surface area contributed by atoms with Crippen LogP contribution in [-0.2, 0) is 5.41 Å². The average Bonchev–Trinajstić information content (AvgIpc) is 3.80. The first-order chi connectivity index (χ1) is 27.8. The molecule has 4 heteroatoms. The van der Waals surface area contributed by atoms with Gasteiger partial charge in [-0.3, -0.25) is 0 Å². The number of aromatic nitrogens is 3. The first-order valence-electron chi connectivity index (χ1n) is 18.9. The maximum Gasteiger partial charge on any atom is 0.164 e. The fourth-order valence-electron chi connectivity index (χ4n) is 8.81. The van der Waals surface area contributed by atoms with E-state index in [4.69, 9.17) is 15.0 Å². The van der Waals surface area contributed by atoms with Crippen molar-refractivity contribution >= 4 is 31.5 Å². The molecule has 262 valence electrons. The van der Waals surface area contributed by atoms with Crippen molar-refractivity contribution in [2.24, 2.45) is 0 Å². The van der Waals surface area contributed by atoms with Gasteiger partial charge in [-0.25, -0.2) is 15.0 Å². The predicted octanol–water partition coefficient (Wildman–Crippen LogP) is 13.3. The second-order valence-electron chi connectivity index (χ2n) is 14.4. The smallest absolute Gasteiger partial charge is 0.164 e. The van der Waals surface area contributed by atoms with Crippen LogP contribution in [0.1, 0.15) is 22.3 Å². The Bertz CT molecular complexity index is 3020. The zero-order chi connectivity index (χ0) is 37.1. The molecule has 0 aliphatic heterocycles. The third-order valence-corrected chi connectivity index (χ3v) is 12.5. The molecule has 2 aromatic heterocycles. The first kappa shape index (κ1) is 32.4. The summed E-state index contributed by atoms with van der Waals surface area (Å²) in [5, 5.41) is 2.56. The molecule has 0 bridgehead atoms. The molecule has 1 aliphatic carbocycles. The fraction of sp³-hybridized carbons (Fsp3) is 0.0192. The number of hydrogen-bond donors (Lipinski definition) is 0. The van der Waals surface area contributed by atoms with E-state index in [1.165, 1.54) is 59.1 Å². The van der Waals surface area contributed by atoms with E-state index in [1.54, 1.807) is 6.33 Å². The summed E-state index contributed by atoms with van der Waals surface area (Å²) < 4.78 is 2.55. The monoisotopic (exact) mass is 731 g/mol. The Balaban J connectivity index is 1.17. The van der Waals surface area contributed by atoms with Crippen LogP contribution in [-0.4, -0.2) is 15.0 Å². The highest BCUT2D eigenvalue weighted by molar-refractivity contribution is 7.25. The Morgan fingerprint density at radius 1 is 0.357 bits per heavy atom. The second-order valence-corrected chi connectivity index (χ2v) is 15.4. The van der Waals surface area contributed by atoms with E-state index in [-0.39, 0.29) is 0 Å². The van der Waals surface area contributed by atoms with Crippen molar-refractivity contribution in [2.45, 2.75) is 5.41 Å². The van der Waals surface area contributed by atoms with Crippen molar-refractivity contribution < 1.29 is 0 Å². The number of rotatable bonds is 6. The van der Waals surface area contributed by atoms with Crippen LogP contribution in [0.5, 0.6) is 0 Å². The van der Waals surface area contributed by atoms with Gasteiger partial charge >= 0.3 is 0 Å². The minimum absolute atomic E-state index is 0.555. The summed E-state index contributed by atoms with van der Waals surface area (Å²) in [6.07, 6.45) is 1.66. The Labute approximate surface area is 329 Å². The maximum atomic E-state index is 5.25. The third kappa shape index (κ3) is 5.07. The minimum atomic E-state index is -0.555. The van der Waals surface area contributed by atoms with Crippen molar-refractivity contribution in [3.63, 3.8) is 0 Å². The summed E-state index contributed by atoms with van der Waals surface area (Å²) in [6.45, 7) is 0. The molecule has 11 rings (SSSR count). The lowest BCUT2D eigenvalue weighted by atomic mass is 9.67. The Kier molecular flexibility index (Phi) is 7.58. The van der Waals surface area contributed by atoms with Gasteiger partial charge in [0.05, 0.1) is 5.41 Å². The second kappa shape index (κ2) is 13.1. The molecule has 8 aromatic carbocycles. The quantitative estimate of drug-likeness (QED) is 0.171. The van der Waals surface area contributed by atoms with Gasteiger partial charge in [-0.05, 0) is 79.9 Å². The van der Waals surface area contributed by atoms with Gasteiger partial charge in [-0.15, -0.1) is 11.3 Å². The van der Waals surface area contributed by atoms with Gasteiger partial charge in [0.15, 0.2) is 11.6 Å². The van der Waals surface area contributed by atoms with E-state index in [2.05, 4.69) is 188 Å². The molecule has 56 heavy (non-hydrogen) atoms. The molecule has 2 heterocycles. The average molecular weight is 732 g/mol. The summed E-state index contributed by atoms with van der Waals surface area (Å²) in [5.74, 6) is 1.28. The van der Waals surface area contributed by atoms with Gasteiger partial charge in [-0.2, -0.15) is 0 Å². The molecule has 0 unspecified atom stereocenters. The molecular formula is C52H33N3S. The fourth-order valence-corrected chi connectivity index (χ4v) is 9.96. The summed E-state index contributed by atoms with van der Waals surface area (Å²) in [7, 11) is 0. The summed E-state index contributed by atoms with van der Waals surface area (Å²) in [6, 6.07) is 70.0. The molecule has 0 fully saturated rings. The molecule has 0 atom stereocenters. The van der Waals surface area contributed by atoms with Crippen LogP contribution in [0, 0.1) is 0 Å². The van der Waals surface area contributed by atoms with Gasteiger partial charge in [0.1, 0.15) is 6.33 Å². The predicted molar refractivity (Wildman–Crippen MR) is 232 cm³/mol. The number of fused-ring (bicyclic) bond motifs is 6. The highest BCUT2D eigenvalue weighted by Gasteiger charge is 2.46. The SMILES string of the molecule is c1ccc(-c2ccc(-c3ncnc(-c4cc5c(cc4-c4ccc6c(c4)sc4ccccc46)-c4ccccc4C5(c4ccccc4)c4ccccc4)n3)cc2)cc1. The van der Waals surface area contributed by atoms with E-state index >= 15 is 0 Å². The number of thiophene rings is 1. The van der Waals surface area contributed by atoms with Gasteiger partial charge < -0.3 is 0 Å². The van der Waals surface area contributed by atoms with Crippen LogP contribution in [0.25, 0.3) is 76.3 Å². The van der Waals surface area contributed by atoms with Gasteiger partial charge in [0.25, 0.3) is 0 Å². The molecule has 0 amide bonds. The highest BCUT2D eigenvalue weighted by atomic mass is 32.1. The topological polar surface area (TPSA) is 38.7 Å². The molecule has 0 saturated carbocycles. The van der Waals surface area contributed by atoms with Crippen LogP contribution < -0.4 is 0 Å². The molecule has 0 saturated heterocycles. The van der Waals surface area contributed by atoms with Crippen molar-refractivity contribution in [1.82, 2.24) is 15.0 Å². The number of hydrogen-bond acceptors (Lipinski definition) is 4. The molecule has 1 aliphatic rings.